The van der Waals surface area contributed by atoms with Crippen LogP contribution in [0.2, 0.25) is 0 Å². The molecule has 0 aromatic carbocycles. The molecule has 0 saturated carbocycles. The van der Waals surface area contributed by atoms with Crippen molar-refractivity contribution in [3.8, 4) is 0 Å². The molecule has 0 amide bonds. The fourth-order valence-electron chi connectivity index (χ4n) is 1.14. The molecule has 0 saturated heterocycles. The number of carbonyl (C=O) groups is 3. The lowest BCUT2D eigenvalue weighted by molar-refractivity contribution is -0.141. The van der Waals surface area contributed by atoms with Gasteiger partial charge in [0.1, 0.15) is 12.6 Å². The summed E-state index contributed by atoms with van der Waals surface area (Å²) in [6.07, 6.45) is 3.18. The monoisotopic (exact) mass is 198 g/mol. The topological polar surface area (TPSA) is 60.4 Å². The van der Waals surface area contributed by atoms with E-state index in [0.29, 0.717) is 18.1 Å². The van der Waals surface area contributed by atoms with E-state index >= 15 is 0 Å². The summed E-state index contributed by atoms with van der Waals surface area (Å²) >= 11 is 0. The smallest absolute Gasteiger partial charge is 0.306 e. The lowest BCUT2D eigenvalue weighted by Crippen LogP contribution is -2.13. The van der Waals surface area contributed by atoms with Crippen LogP contribution in [0.4, 0.5) is 0 Å². The zero-order chi connectivity index (χ0) is 11.0. The van der Waals surface area contributed by atoms with Gasteiger partial charge in [-0.15, -0.1) is 0 Å². The summed E-state index contributed by atoms with van der Waals surface area (Å²) in [5, 5.41) is 0. The Hall–Kier alpha value is -1.45. The van der Waals surface area contributed by atoms with Crippen LogP contribution in [0.3, 0.4) is 0 Å². The molecule has 4 nitrogen and oxygen atoms in total. The van der Waals surface area contributed by atoms with Crippen molar-refractivity contribution in [2.45, 2.75) is 19.8 Å². The van der Waals surface area contributed by atoms with Crippen LogP contribution in [-0.4, -0.2) is 25.7 Å². The molecule has 0 unspecified atom stereocenters. The second-order valence-corrected chi connectivity index (χ2v) is 2.79. The van der Waals surface area contributed by atoms with Crippen molar-refractivity contribution in [2.75, 3.05) is 7.11 Å². The number of allylic oxidation sites excluding steroid dienone is 2. The van der Waals surface area contributed by atoms with Crippen LogP contribution >= 0.6 is 0 Å². The number of rotatable bonds is 6. The van der Waals surface area contributed by atoms with Gasteiger partial charge in [-0.05, 0) is 12.5 Å². The van der Waals surface area contributed by atoms with E-state index in [4.69, 9.17) is 0 Å². The van der Waals surface area contributed by atoms with E-state index in [1.165, 1.54) is 7.11 Å². The van der Waals surface area contributed by atoms with Crippen LogP contribution < -0.4 is 0 Å². The van der Waals surface area contributed by atoms with Crippen molar-refractivity contribution in [1.82, 2.24) is 0 Å². The third-order valence-electron chi connectivity index (χ3n) is 1.96. The Balaban J connectivity index is 4.49. The van der Waals surface area contributed by atoms with E-state index in [-0.39, 0.29) is 18.8 Å². The van der Waals surface area contributed by atoms with Crippen molar-refractivity contribution >= 4 is 18.5 Å². The lowest BCUT2D eigenvalue weighted by Gasteiger charge is -2.11. The van der Waals surface area contributed by atoms with Crippen LogP contribution in [0.25, 0.3) is 0 Å². The SMILES string of the molecule is C/C=C(/C=O)[C@@H](CC=O)CC(=O)OC. The highest BCUT2D eigenvalue weighted by atomic mass is 16.5. The van der Waals surface area contributed by atoms with Gasteiger partial charge in [0.2, 0.25) is 0 Å². The summed E-state index contributed by atoms with van der Waals surface area (Å²) in [4.78, 5) is 31.9. The summed E-state index contributed by atoms with van der Waals surface area (Å²) < 4.78 is 4.47. The Morgan fingerprint density at radius 2 is 2.07 bits per heavy atom. The molecule has 0 rings (SSSR count). The average Bonchev–Trinajstić information content (AvgIpc) is 2.19. The maximum atomic E-state index is 11.0. The minimum absolute atomic E-state index is 0.0631. The lowest BCUT2D eigenvalue weighted by atomic mass is 9.93. The molecule has 4 heteroatoms. The molecule has 0 fully saturated rings. The first kappa shape index (κ1) is 12.6. The van der Waals surface area contributed by atoms with E-state index < -0.39 is 5.97 Å². The Kier molecular flexibility index (Phi) is 6.28. The molecule has 0 spiro atoms. The number of aldehydes is 2. The summed E-state index contributed by atoms with van der Waals surface area (Å²) in [5.74, 6) is -0.777. The van der Waals surface area contributed by atoms with Crippen LogP contribution in [0.5, 0.6) is 0 Å². The van der Waals surface area contributed by atoms with Gasteiger partial charge in [-0.2, -0.15) is 0 Å². The summed E-state index contributed by atoms with van der Waals surface area (Å²) in [5.41, 5.74) is 0.461. The second kappa shape index (κ2) is 7.00. The van der Waals surface area contributed by atoms with Gasteiger partial charge in [-0.3, -0.25) is 9.59 Å². The fourth-order valence-corrected chi connectivity index (χ4v) is 1.14. The molecule has 78 valence electrons. The van der Waals surface area contributed by atoms with Crippen molar-refractivity contribution in [3.63, 3.8) is 0 Å². The first-order chi connectivity index (χ1) is 6.69. The first-order valence-electron chi connectivity index (χ1n) is 4.31. The first-order valence-corrected chi connectivity index (χ1v) is 4.31. The van der Waals surface area contributed by atoms with Crippen LogP contribution in [-0.2, 0) is 19.1 Å². The molecule has 0 N–H and O–H groups in total. The van der Waals surface area contributed by atoms with Crippen LogP contribution in [0, 0.1) is 5.92 Å². The maximum Gasteiger partial charge on any atom is 0.306 e. The minimum atomic E-state index is -0.418. The highest BCUT2D eigenvalue weighted by Crippen LogP contribution is 2.17. The molecule has 0 heterocycles. The normalized spacial score (nSPS) is 13.1. The van der Waals surface area contributed by atoms with E-state index in [1.54, 1.807) is 13.0 Å². The molecule has 0 aliphatic rings. The van der Waals surface area contributed by atoms with Crippen LogP contribution in [0.1, 0.15) is 19.8 Å². The number of ether oxygens (including phenoxy) is 1. The van der Waals surface area contributed by atoms with Gasteiger partial charge >= 0.3 is 5.97 Å². The number of carbonyl (C=O) groups excluding carboxylic acids is 3. The number of esters is 1. The Bertz CT molecular complexity index is 243. The minimum Gasteiger partial charge on any atom is -0.469 e. The molecular weight excluding hydrogens is 184 g/mol. The molecular formula is C10H14O4. The number of methoxy groups -OCH3 is 1. The third-order valence-corrected chi connectivity index (χ3v) is 1.96. The Morgan fingerprint density at radius 1 is 1.43 bits per heavy atom. The third kappa shape index (κ3) is 3.98. The molecule has 0 radical (unpaired) electrons. The Labute approximate surface area is 82.9 Å². The van der Waals surface area contributed by atoms with E-state index in [0.717, 1.165) is 0 Å². The van der Waals surface area contributed by atoms with Crippen molar-refractivity contribution < 1.29 is 19.1 Å². The largest absolute Gasteiger partial charge is 0.469 e. The van der Waals surface area contributed by atoms with Crippen molar-refractivity contribution in [1.29, 1.82) is 0 Å². The summed E-state index contributed by atoms with van der Waals surface area (Å²) in [7, 11) is 1.27. The molecule has 0 aromatic rings. The van der Waals surface area contributed by atoms with E-state index in [1.807, 2.05) is 0 Å². The standard InChI is InChI=1S/C10H14O4/c1-3-8(7-12)9(4-5-11)6-10(13)14-2/h3,5,7,9H,4,6H2,1-2H3/b8-3-/t9-/m0/s1. The number of hydrogen-bond acceptors (Lipinski definition) is 4. The maximum absolute atomic E-state index is 11.0. The predicted octanol–water partition coefficient (Wildman–Crippen LogP) is 0.900. The molecule has 0 aliphatic carbocycles. The Morgan fingerprint density at radius 3 is 2.43 bits per heavy atom. The second-order valence-electron chi connectivity index (χ2n) is 2.79. The van der Waals surface area contributed by atoms with Gasteiger partial charge in [-0.1, -0.05) is 6.08 Å². The van der Waals surface area contributed by atoms with Crippen LogP contribution in [0.15, 0.2) is 11.6 Å². The zero-order valence-electron chi connectivity index (χ0n) is 8.36. The zero-order valence-corrected chi connectivity index (χ0v) is 8.36. The van der Waals surface area contributed by atoms with Gasteiger partial charge in [0.25, 0.3) is 0 Å². The highest BCUT2D eigenvalue weighted by Gasteiger charge is 2.17. The predicted molar refractivity (Wildman–Crippen MR) is 50.6 cm³/mol. The van der Waals surface area contributed by atoms with E-state index in [9.17, 15) is 14.4 Å². The molecule has 14 heavy (non-hydrogen) atoms. The van der Waals surface area contributed by atoms with Gasteiger partial charge in [0.15, 0.2) is 0 Å². The molecule has 1 atom stereocenters. The fraction of sp³-hybridized carbons (Fsp3) is 0.500. The van der Waals surface area contributed by atoms with Gasteiger partial charge < -0.3 is 9.53 Å². The van der Waals surface area contributed by atoms with Crippen molar-refractivity contribution in [3.05, 3.63) is 11.6 Å². The van der Waals surface area contributed by atoms with Crippen molar-refractivity contribution in [2.24, 2.45) is 5.92 Å². The summed E-state index contributed by atoms with van der Waals surface area (Å²) in [6, 6.07) is 0. The number of hydrogen-bond donors (Lipinski definition) is 0. The summed E-state index contributed by atoms with van der Waals surface area (Å²) in [6.45, 7) is 1.69. The molecule has 0 aromatic heterocycles. The molecule has 0 aliphatic heterocycles. The quantitative estimate of drug-likeness (QED) is 0.361. The average molecular weight is 198 g/mol. The molecule has 0 bridgehead atoms. The highest BCUT2D eigenvalue weighted by molar-refractivity contribution is 5.78. The van der Waals surface area contributed by atoms with Gasteiger partial charge in [-0.25, -0.2) is 0 Å². The van der Waals surface area contributed by atoms with E-state index in [2.05, 4.69) is 4.74 Å². The van der Waals surface area contributed by atoms with Gasteiger partial charge in [0, 0.05) is 12.3 Å². The van der Waals surface area contributed by atoms with Gasteiger partial charge in [0.05, 0.1) is 13.5 Å².